The number of aliphatic imine (C=N–C) groups is 1. The second-order valence-corrected chi connectivity index (χ2v) is 7.63. The molecule has 1 aliphatic rings. The van der Waals surface area contributed by atoms with Gasteiger partial charge in [0.05, 0.1) is 17.8 Å². The standard InChI is InChI=1S/C22H29N5O3/c1-13(16-4-3-5-19-17(16)10-11-25-19)26-20(12-18(23)21(29)24-2)22(30)27-14-6-8-15(28)9-7-14/h3-5,10-15,25,28H,6-9,23H2,1-2H3,(H,24,29)(H,27,30)/t13-,14?,15?/m0/s1. The number of aromatic nitrogens is 1. The SMILES string of the molecule is CNC(=O)C(N)=CC(=N[C@@H](C)c1cccc2[nH]ccc12)C(=O)NC1CCC(O)CC1. The first-order valence-corrected chi connectivity index (χ1v) is 10.2. The Kier molecular flexibility index (Phi) is 6.89. The molecule has 30 heavy (non-hydrogen) atoms. The summed E-state index contributed by atoms with van der Waals surface area (Å²) < 4.78 is 0. The molecule has 1 aliphatic carbocycles. The van der Waals surface area contributed by atoms with E-state index in [0.29, 0.717) is 25.7 Å². The number of nitrogens with zero attached hydrogens (tertiary/aromatic N) is 1. The van der Waals surface area contributed by atoms with Crippen LogP contribution in [0.25, 0.3) is 10.9 Å². The predicted octanol–water partition coefficient (Wildman–Crippen LogP) is 1.68. The van der Waals surface area contributed by atoms with E-state index >= 15 is 0 Å². The summed E-state index contributed by atoms with van der Waals surface area (Å²) in [7, 11) is 1.47. The van der Waals surface area contributed by atoms with Crippen molar-refractivity contribution in [2.24, 2.45) is 10.7 Å². The lowest BCUT2D eigenvalue weighted by Crippen LogP contribution is -2.42. The number of nitrogens with two attached hydrogens (primary N) is 1. The normalized spacial score (nSPS) is 21.3. The van der Waals surface area contributed by atoms with Crippen molar-refractivity contribution in [3.63, 3.8) is 0 Å². The molecular weight excluding hydrogens is 382 g/mol. The number of carbonyl (C=O) groups excluding carboxylic acids is 2. The lowest BCUT2D eigenvalue weighted by Gasteiger charge is -2.26. The van der Waals surface area contributed by atoms with Gasteiger partial charge < -0.3 is 26.5 Å². The first-order chi connectivity index (χ1) is 14.4. The van der Waals surface area contributed by atoms with E-state index in [9.17, 15) is 14.7 Å². The van der Waals surface area contributed by atoms with E-state index in [1.165, 1.54) is 13.1 Å². The lowest BCUT2D eigenvalue weighted by atomic mass is 9.93. The van der Waals surface area contributed by atoms with E-state index in [2.05, 4.69) is 20.6 Å². The number of aromatic amines is 1. The van der Waals surface area contributed by atoms with Crippen molar-refractivity contribution in [1.82, 2.24) is 15.6 Å². The number of benzene rings is 1. The summed E-state index contributed by atoms with van der Waals surface area (Å²) >= 11 is 0. The quantitative estimate of drug-likeness (QED) is 0.365. The van der Waals surface area contributed by atoms with Crippen LogP contribution in [0.4, 0.5) is 0 Å². The van der Waals surface area contributed by atoms with Gasteiger partial charge in [-0.1, -0.05) is 12.1 Å². The zero-order chi connectivity index (χ0) is 21.7. The number of fused-ring (bicyclic) bond motifs is 1. The molecule has 3 rings (SSSR count). The second kappa shape index (κ2) is 9.58. The van der Waals surface area contributed by atoms with Gasteiger partial charge in [0.25, 0.3) is 11.8 Å². The van der Waals surface area contributed by atoms with Gasteiger partial charge in [0.2, 0.25) is 0 Å². The summed E-state index contributed by atoms with van der Waals surface area (Å²) in [5.74, 6) is -0.854. The number of hydrogen-bond acceptors (Lipinski definition) is 5. The Morgan fingerprint density at radius 2 is 1.97 bits per heavy atom. The average molecular weight is 412 g/mol. The van der Waals surface area contributed by atoms with Crippen molar-refractivity contribution in [2.75, 3.05) is 7.05 Å². The maximum absolute atomic E-state index is 13.0. The van der Waals surface area contributed by atoms with Crippen LogP contribution in [0.1, 0.15) is 44.2 Å². The number of likely N-dealkylation sites (N-methyl/N-ethyl adjacent to an activating group) is 1. The minimum Gasteiger partial charge on any atom is -0.394 e. The van der Waals surface area contributed by atoms with E-state index in [-0.39, 0.29) is 35.5 Å². The molecule has 1 aromatic carbocycles. The molecule has 6 N–H and O–H groups in total. The number of H-pyrrole nitrogens is 1. The number of amides is 2. The summed E-state index contributed by atoms with van der Waals surface area (Å²) in [5.41, 5.74) is 7.82. The molecule has 8 nitrogen and oxygen atoms in total. The van der Waals surface area contributed by atoms with Gasteiger partial charge in [-0.25, -0.2) is 0 Å². The zero-order valence-corrected chi connectivity index (χ0v) is 17.3. The molecule has 2 amide bonds. The van der Waals surface area contributed by atoms with E-state index in [0.717, 1.165) is 16.5 Å². The van der Waals surface area contributed by atoms with Crippen LogP contribution in [-0.2, 0) is 9.59 Å². The highest BCUT2D eigenvalue weighted by Crippen LogP contribution is 2.26. The Morgan fingerprint density at radius 3 is 2.67 bits per heavy atom. The van der Waals surface area contributed by atoms with Crippen LogP contribution in [0.3, 0.4) is 0 Å². The van der Waals surface area contributed by atoms with Crippen molar-refractivity contribution in [3.05, 3.63) is 47.8 Å². The van der Waals surface area contributed by atoms with Crippen molar-refractivity contribution in [1.29, 1.82) is 0 Å². The van der Waals surface area contributed by atoms with E-state index in [1.54, 1.807) is 0 Å². The fraction of sp³-hybridized carbons (Fsp3) is 0.409. The molecule has 1 atom stereocenters. The maximum atomic E-state index is 13.0. The lowest BCUT2D eigenvalue weighted by molar-refractivity contribution is -0.117. The number of aliphatic hydroxyl groups is 1. The van der Waals surface area contributed by atoms with Gasteiger partial charge in [-0.15, -0.1) is 0 Å². The number of aliphatic hydroxyl groups excluding tert-OH is 1. The molecule has 8 heteroatoms. The third-order valence-corrected chi connectivity index (χ3v) is 5.46. The number of carbonyl (C=O) groups is 2. The molecule has 0 spiro atoms. The highest BCUT2D eigenvalue weighted by Gasteiger charge is 2.23. The Balaban J connectivity index is 1.89. The van der Waals surface area contributed by atoms with E-state index in [1.807, 2.05) is 37.4 Å². The summed E-state index contributed by atoms with van der Waals surface area (Å²) in [6.45, 7) is 1.90. The molecule has 1 heterocycles. The Labute approximate surface area is 175 Å². The maximum Gasteiger partial charge on any atom is 0.269 e. The van der Waals surface area contributed by atoms with Crippen molar-refractivity contribution in [3.8, 4) is 0 Å². The predicted molar refractivity (Wildman–Crippen MR) is 117 cm³/mol. The van der Waals surface area contributed by atoms with Crippen LogP contribution in [0.2, 0.25) is 0 Å². The minimum absolute atomic E-state index is 0.0378. The molecule has 2 aromatic rings. The van der Waals surface area contributed by atoms with Crippen LogP contribution >= 0.6 is 0 Å². The average Bonchev–Trinajstić information content (AvgIpc) is 3.23. The van der Waals surface area contributed by atoms with Crippen LogP contribution in [0, 0.1) is 0 Å². The minimum atomic E-state index is -0.475. The van der Waals surface area contributed by atoms with Gasteiger partial charge in [0.15, 0.2) is 0 Å². The van der Waals surface area contributed by atoms with Crippen LogP contribution in [-0.4, -0.2) is 46.8 Å². The second-order valence-electron chi connectivity index (χ2n) is 7.63. The largest absolute Gasteiger partial charge is 0.394 e. The summed E-state index contributed by atoms with van der Waals surface area (Å²) in [4.78, 5) is 32.6. The fourth-order valence-electron chi connectivity index (χ4n) is 3.75. The molecule has 1 aromatic heterocycles. The molecule has 160 valence electrons. The molecule has 1 fully saturated rings. The van der Waals surface area contributed by atoms with Crippen molar-refractivity contribution in [2.45, 2.75) is 50.8 Å². The van der Waals surface area contributed by atoms with Crippen molar-refractivity contribution >= 4 is 28.4 Å². The fourth-order valence-corrected chi connectivity index (χ4v) is 3.75. The number of hydrogen-bond donors (Lipinski definition) is 5. The van der Waals surface area contributed by atoms with E-state index < -0.39 is 5.91 Å². The third-order valence-electron chi connectivity index (χ3n) is 5.46. The summed E-state index contributed by atoms with van der Waals surface area (Å²) in [6, 6.07) is 7.48. The van der Waals surface area contributed by atoms with Crippen LogP contribution in [0.5, 0.6) is 0 Å². The molecule has 0 radical (unpaired) electrons. The molecule has 0 bridgehead atoms. The van der Waals surface area contributed by atoms with Crippen molar-refractivity contribution < 1.29 is 14.7 Å². The van der Waals surface area contributed by atoms with Crippen LogP contribution in [0.15, 0.2) is 47.2 Å². The third kappa shape index (κ3) is 5.07. The Bertz CT molecular complexity index is 970. The van der Waals surface area contributed by atoms with Gasteiger partial charge in [0, 0.05) is 30.2 Å². The topological polar surface area (TPSA) is 133 Å². The number of nitrogens with one attached hydrogen (secondary N) is 3. The zero-order valence-electron chi connectivity index (χ0n) is 17.3. The van der Waals surface area contributed by atoms with E-state index in [4.69, 9.17) is 5.73 Å². The monoisotopic (exact) mass is 411 g/mol. The molecular formula is C22H29N5O3. The molecule has 0 unspecified atom stereocenters. The van der Waals surface area contributed by atoms with Gasteiger partial charge in [0.1, 0.15) is 5.71 Å². The molecule has 1 saturated carbocycles. The first-order valence-electron chi connectivity index (χ1n) is 10.2. The highest BCUT2D eigenvalue weighted by molar-refractivity contribution is 6.44. The van der Waals surface area contributed by atoms with Gasteiger partial charge in [-0.05, 0) is 56.4 Å². The first kappa shape index (κ1) is 21.6. The van der Waals surface area contributed by atoms with Gasteiger partial charge >= 0.3 is 0 Å². The smallest absolute Gasteiger partial charge is 0.269 e. The Hall–Kier alpha value is -3.13. The summed E-state index contributed by atoms with van der Waals surface area (Å²) in [5, 5.41) is 16.1. The van der Waals surface area contributed by atoms with Gasteiger partial charge in [-0.2, -0.15) is 0 Å². The summed E-state index contributed by atoms with van der Waals surface area (Å²) in [6.07, 6.45) is 5.58. The Morgan fingerprint density at radius 1 is 1.23 bits per heavy atom. The van der Waals surface area contributed by atoms with Gasteiger partial charge in [-0.3, -0.25) is 14.6 Å². The molecule has 0 aliphatic heterocycles. The molecule has 0 saturated heterocycles. The number of rotatable bonds is 6. The van der Waals surface area contributed by atoms with Crippen LogP contribution < -0.4 is 16.4 Å². The highest BCUT2D eigenvalue weighted by atomic mass is 16.3.